The van der Waals surface area contributed by atoms with E-state index in [1.54, 1.807) is 50.5 Å². The van der Waals surface area contributed by atoms with Gasteiger partial charge in [0.05, 0.1) is 94.8 Å². The van der Waals surface area contributed by atoms with Crippen molar-refractivity contribution in [1.29, 1.82) is 0 Å². The molecule has 3 spiro atoms. The van der Waals surface area contributed by atoms with E-state index in [0.717, 1.165) is 125 Å². The highest BCUT2D eigenvalue weighted by atomic mass is 35.5. The smallest absolute Gasteiger partial charge is 0.303 e. The number of rotatable bonds is 14. The molecule has 3 saturated heterocycles. The number of fused-ring (bicyclic) bond motifs is 8. The molecular formula is C84H114Cl2N10O16S2. The number of morpholine rings is 1. The maximum atomic E-state index is 14.0. The van der Waals surface area contributed by atoms with E-state index in [-0.39, 0.29) is 63.4 Å². The molecule has 4 aliphatic carbocycles. The van der Waals surface area contributed by atoms with Gasteiger partial charge in [0, 0.05) is 135 Å². The van der Waals surface area contributed by atoms with Gasteiger partial charge in [0.1, 0.15) is 11.5 Å². The van der Waals surface area contributed by atoms with Crippen LogP contribution >= 0.6 is 23.2 Å². The third-order valence-electron chi connectivity index (χ3n) is 26.6. The highest BCUT2D eigenvalue weighted by Crippen LogP contribution is 2.51. The minimum atomic E-state index is -4.30. The van der Waals surface area contributed by atoms with Crippen LogP contribution in [0.3, 0.4) is 0 Å². The fourth-order valence-electron chi connectivity index (χ4n) is 18.9. The highest BCUT2D eigenvalue weighted by Gasteiger charge is 2.53. The van der Waals surface area contributed by atoms with Crippen molar-refractivity contribution in [3.05, 3.63) is 141 Å². The first-order chi connectivity index (χ1) is 54.4. The molecule has 26 nitrogen and oxygen atoms in total. The molecule has 4 amide bonds. The largest absolute Gasteiger partial charge is 0.490 e. The number of anilines is 2. The summed E-state index contributed by atoms with van der Waals surface area (Å²) >= 11 is 13.0. The number of carbonyl (C=O) groups is 4. The molecule has 5 fully saturated rings. The molecule has 622 valence electrons. The van der Waals surface area contributed by atoms with Crippen LogP contribution in [0.1, 0.15) is 124 Å². The number of halogens is 2. The zero-order chi connectivity index (χ0) is 80.7. The maximum absolute atomic E-state index is 14.0. The zero-order valence-electron chi connectivity index (χ0n) is 66.9. The first-order valence-corrected chi connectivity index (χ1v) is 44.3. The number of carbonyl (C=O) groups excluding carboxylic acids is 4. The molecule has 7 aliphatic heterocycles. The van der Waals surface area contributed by atoms with Gasteiger partial charge >= 0.3 is 20.4 Å². The van der Waals surface area contributed by atoms with E-state index in [1.165, 1.54) is 66.7 Å². The van der Waals surface area contributed by atoms with Crippen molar-refractivity contribution in [3.8, 4) is 11.5 Å². The van der Waals surface area contributed by atoms with Gasteiger partial charge in [0.2, 0.25) is 11.8 Å². The molecule has 114 heavy (non-hydrogen) atoms. The minimum Gasteiger partial charge on any atom is -0.490 e. The molecule has 2 saturated carbocycles. The van der Waals surface area contributed by atoms with Gasteiger partial charge in [-0.1, -0.05) is 71.8 Å². The van der Waals surface area contributed by atoms with Crippen LogP contribution in [-0.4, -0.2) is 263 Å². The van der Waals surface area contributed by atoms with E-state index in [2.05, 4.69) is 75.1 Å². The summed E-state index contributed by atoms with van der Waals surface area (Å²) in [5.41, 5.74) is 0.860. The second-order valence-electron chi connectivity index (χ2n) is 34.2. The number of likely N-dealkylation sites (tertiary alicyclic amines) is 1. The molecule has 0 aromatic heterocycles. The lowest BCUT2D eigenvalue weighted by Crippen LogP contribution is -2.71. The minimum absolute atomic E-state index is 0.0968. The van der Waals surface area contributed by atoms with Crippen LogP contribution in [0.2, 0.25) is 10.0 Å². The van der Waals surface area contributed by atoms with Crippen molar-refractivity contribution in [2.24, 2.45) is 23.7 Å². The van der Waals surface area contributed by atoms with Gasteiger partial charge in [0.15, 0.2) is 11.2 Å². The summed E-state index contributed by atoms with van der Waals surface area (Å²) in [6, 6.07) is 22.7. The Morgan fingerprint density at radius 1 is 0.596 bits per heavy atom. The molecule has 15 rings (SSSR count). The summed E-state index contributed by atoms with van der Waals surface area (Å²) in [5, 5.41) is 26.1. The zero-order valence-corrected chi connectivity index (χ0v) is 70.0. The third kappa shape index (κ3) is 17.5. The molecule has 0 radical (unpaired) electrons. The van der Waals surface area contributed by atoms with Crippen LogP contribution in [0.5, 0.6) is 11.5 Å². The third-order valence-corrected chi connectivity index (χ3v) is 29.9. The fraction of sp³-hybridized carbons (Fsp3) is 0.619. The van der Waals surface area contributed by atoms with Gasteiger partial charge in [0.25, 0.3) is 11.8 Å². The van der Waals surface area contributed by atoms with E-state index in [9.17, 15) is 46.2 Å². The Balaban J connectivity index is 0.000000189. The number of nitrogens with one attached hydrogen (secondary N) is 2. The topological polar surface area (TPSA) is 282 Å². The predicted octanol–water partition coefficient (Wildman–Crippen LogP) is 7.48. The molecule has 4 aromatic rings. The number of aliphatic hydroxyl groups is 2. The Hall–Kier alpha value is -6.48. The van der Waals surface area contributed by atoms with Crippen LogP contribution in [0.25, 0.3) is 0 Å². The summed E-state index contributed by atoms with van der Waals surface area (Å²) in [6.07, 6.45) is 18.8. The lowest BCUT2D eigenvalue weighted by atomic mass is 9.68. The van der Waals surface area contributed by atoms with E-state index in [4.69, 9.17) is 51.6 Å². The van der Waals surface area contributed by atoms with Crippen LogP contribution in [0.4, 0.5) is 11.4 Å². The number of hydrogen-bond donors (Lipinski definition) is 4. The first-order valence-electron chi connectivity index (χ1n) is 40.7. The first kappa shape index (κ1) is 84.0. The van der Waals surface area contributed by atoms with Gasteiger partial charge in [-0.25, -0.2) is 9.44 Å². The van der Waals surface area contributed by atoms with E-state index in [1.807, 2.05) is 21.6 Å². The van der Waals surface area contributed by atoms with Crippen molar-refractivity contribution in [2.45, 2.75) is 149 Å². The number of nitrogens with zero attached hydrogens (tertiary/aromatic N) is 8. The lowest BCUT2D eigenvalue weighted by molar-refractivity contribution is -0.197. The van der Waals surface area contributed by atoms with Gasteiger partial charge in [-0.15, -0.1) is 0 Å². The number of ether oxygens (including phenoxy) is 6. The van der Waals surface area contributed by atoms with Crippen molar-refractivity contribution in [3.63, 3.8) is 0 Å². The Bertz CT molecular complexity index is 4260. The molecule has 11 atom stereocenters. The quantitative estimate of drug-likeness (QED) is 0.0890. The normalized spacial score (nSPS) is 30.6. The molecule has 11 aliphatic rings. The standard InChI is InChI=1S/C42H56ClN5O8S.C42H58ClN5O8S/c1-45(2)57(52,53)44-39(50)42(51)23-38(49)46(3)17-5-4-8-36(55-20-19-48-18-16-41(48)27-54-28-41)33-12-9-30(33)24-47-25-40(26-56-37-14-10-31(42)22-35(37)47)15-6-7-29-21-32(43)11-13-34(29)40;1-29-26-54-20-18-47(29)19-21-55-37-9-5-6-17-46(4)39(49)24-42(51,40(50)44-57(52,53)45(2)3)32-11-15-38-36(23-32)48(25-31-10-13-34(31)37)27-41(28-56-38)16-7-8-30-22-33(43)12-14-35(30)41/h4,8,10-11,13-14,21-22,30,33,36,51H,5-7,9,12,15-20,23-28H2,1-3H3,(H,44,50);5,9,11-12,14-15,22-23,29,31,34,37,51H,6-8,10,13,16-21,24-28H2,1-4H3,(H,44,50)/b8-4+;9-5+/t30-,33+,36-,40-,42+;29-,31-,34+,37-,41-,42+/m00/s1. The van der Waals surface area contributed by atoms with Crippen LogP contribution in [0, 0.1) is 23.7 Å². The Morgan fingerprint density at radius 3 is 1.48 bits per heavy atom. The van der Waals surface area contributed by atoms with Gasteiger partial charge < -0.3 is 58.2 Å². The van der Waals surface area contributed by atoms with Crippen molar-refractivity contribution >= 4 is 78.6 Å². The second kappa shape index (κ2) is 34.5. The van der Waals surface area contributed by atoms with Crippen LogP contribution < -0.4 is 28.7 Å². The fourth-order valence-corrected chi connectivity index (χ4v) is 20.5. The number of hydrogen-bond acceptors (Lipinski definition) is 20. The molecular weight excluding hydrogens is 1540 g/mol. The van der Waals surface area contributed by atoms with E-state index >= 15 is 0 Å². The molecule has 30 heteroatoms. The summed E-state index contributed by atoms with van der Waals surface area (Å²) in [6.45, 7) is 14.2. The van der Waals surface area contributed by atoms with E-state index < -0.39 is 68.1 Å². The molecule has 4 N–H and O–H groups in total. The number of aryl methyl sites for hydroxylation is 2. The van der Waals surface area contributed by atoms with Crippen LogP contribution in [0.15, 0.2) is 97.1 Å². The molecule has 0 unspecified atom stereocenters. The van der Waals surface area contributed by atoms with Gasteiger partial charge in [-0.05, 0) is 196 Å². The Kier molecular flexibility index (Phi) is 25.4. The monoisotopic (exact) mass is 1650 g/mol. The van der Waals surface area contributed by atoms with E-state index in [0.29, 0.717) is 117 Å². The molecule has 4 bridgehead atoms. The number of amides is 4. The summed E-state index contributed by atoms with van der Waals surface area (Å²) in [7, 11) is -0.224. The molecule has 4 aromatic carbocycles. The van der Waals surface area contributed by atoms with Crippen molar-refractivity contribution in [2.75, 3.05) is 170 Å². The average Bonchev–Trinajstić information content (AvgIpc) is 1.47. The maximum Gasteiger partial charge on any atom is 0.303 e. The van der Waals surface area contributed by atoms with Crippen molar-refractivity contribution in [1.82, 2.24) is 37.7 Å². The summed E-state index contributed by atoms with van der Waals surface area (Å²) < 4.78 is 95.5. The summed E-state index contributed by atoms with van der Waals surface area (Å²) in [5.74, 6) is -1.20. The summed E-state index contributed by atoms with van der Waals surface area (Å²) in [4.78, 5) is 68.1. The SMILES string of the molecule is CN1CC/C=C/[C@H](OCCN2CCC23COC3)[C@@H]2CC[C@H]2CN2C[C@@]3(CCCc4cc(Cl)ccc43)COc3ccc(cc32)[C@@](O)(C(=O)NS(=O)(=O)N(C)C)CC1=O.C[C@H]1COCCN1CCO[C@H]1/C=C/CCN(C)C(=O)C[C@](O)(C(=O)NS(=O)(=O)N(C)C)c2ccc3c(c2)N(C[C@@H]2CC[C@H]21)C[C@@]1(CCCc2cc(Cl)ccc21)CO3. The predicted molar refractivity (Wildman–Crippen MR) is 435 cm³/mol. The Morgan fingerprint density at radius 2 is 1.07 bits per heavy atom. The lowest BCUT2D eigenvalue weighted by Gasteiger charge is -2.57. The van der Waals surface area contributed by atoms with Gasteiger partial charge in [-0.2, -0.15) is 25.4 Å². The average molecular weight is 1650 g/mol. The molecule has 7 heterocycles. The van der Waals surface area contributed by atoms with Gasteiger partial charge in [-0.3, -0.25) is 29.0 Å². The van der Waals surface area contributed by atoms with Crippen molar-refractivity contribution < 1.29 is 74.6 Å². The number of benzene rings is 4. The van der Waals surface area contributed by atoms with Crippen LogP contribution in [-0.2, 0) is 93.4 Å². The highest BCUT2D eigenvalue weighted by molar-refractivity contribution is 7.88. The second-order valence-corrected chi connectivity index (χ2v) is 38.9. The Labute approximate surface area is 682 Å².